The average Bonchev–Trinajstić information content (AvgIpc) is 2.66. The zero-order chi connectivity index (χ0) is 12.4. The number of aliphatic carboxylic acids is 1. The molecule has 0 bridgehead atoms. The molecule has 3 atom stereocenters. The first kappa shape index (κ1) is 12.4. The van der Waals surface area contributed by atoms with Crippen LogP contribution in [0.4, 0.5) is 0 Å². The standard InChI is InChI=1S/C13H21NO3/c1-8(9-4-2-3-5-9)14-12(15)10-6-7-11(10)13(16)17/h8-11H,2-7H2,1H3,(H,14,15)(H,16,17). The van der Waals surface area contributed by atoms with Crippen LogP contribution < -0.4 is 5.32 Å². The van der Waals surface area contributed by atoms with Crippen LogP contribution in [0.3, 0.4) is 0 Å². The van der Waals surface area contributed by atoms with Crippen molar-refractivity contribution in [2.75, 3.05) is 0 Å². The fraction of sp³-hybridized carbons (Fsp3) is 0.846. The third-order valence-corrected chi connectivity index (χ3v) is 4.41. The normalized spacial score (nSPS) is 30.6. The second-order valence-electron chi connectivity index (χ2n) is 5.47. The highest BCUT2D eigenvalue weighted by molar-refractivity contribution is 5.86. The molecule has 1 amide bonds. The molecule has 4 heteroatoms. The van der Waals surface area contributed by atoms with Gasteiger partial charge in [-0.3, -0.25) is 9.59 Å². The van der Waals surface area contributed by atoms with E-state index in [0.29, 0.717) is 12.3 Å². The fourth-order valence-corrected chi connectivity index (χ4v) is 3.02. The highest BCUT2D eigenvalue weighted by Gasteiger charge is 2.42. The number of rotatable bonds is 4. The van der Waals surface area contributed by atoms with Gasteiger partial charge >= 0.3 is 5.97 Å². The maximum atomic E-state index is 11.9. The van der Waals surface area contributed by atoms with E-state index in [-0.39, 0.29) is 17.9 Å². The molecule has 3 unspecified atom stereocenters. The first-order valence-corrected chi connectivity index (χ1v) is 6.62. The number of nitrogens with one attached hydrogen (secondary N) is 1. The smallest absolute Gasteiger partial charge is 0.307 e. The Labute approximate surface area is 102 Å². The lowest BCUT2D eigenvalue weighted by Gasteiger charge is -2.33. The molecule has 2 rings (SSSR count). The van der Waals surface area contributed by atoms with Gasteiger partial charge in [0.1, 0.15) is 0 Å². The Bertz CT molecular complexity index is 310. The minimum absolute atomic E-state index is 0.0527. The van der Waals surface area contributed by atoms with Crippen LogP contribution in [0.2, 0.25) is 0 Å². The lowest BCUT2D eigenvalue weighted by molar-refractivity contribution is -0.153. The third-order valence-electron chi connectivity index (χ3n) is 4.41. The summed E-state index contributed by atoms with van der Waals surface area (Å²) >= 11 is 0. The summed E-state index contributed by atoms with van der Waals surface area (Å²) in [6.45, 7) is 2.04. The minimum Gasteiger partial charge on any atom is -0.481 e. The summed E-state index contributed by atoms with van der Waals surface area (Å²) in [7, 11) is 0. The van der Waals surface area contributed by atoms with E-state index in [1.54, 1.807) is 0 Å². The number of carboxylic acids is 1. The first-order valence-electron chi connectivity index (χ1n) is 6.62. The number of carbonyl (C=O) groups is 2. The monoisotopic (exact) mass is 239 g/mol. The molecular weight excluding hydrogens is 218 g/mol. The van der Waals surface area contributed by atoms with Crippen LogP contribution >= 0.6 is 0 Å². The third kappa shape index (κ3) is 2.61. The second kappa shape index (κ2) is 5.07. The number of amides is 1. The maximum absolute atomic E-state index is 11.9. The quantitative estimate of drug-likeness (QED) is 0.786. The molecule has 0 aliphatic heterocycles. The topological polar surface area (TPSA) is 66.4 Å². The Morgan fingerprint density at radius 1 is 1.12 bits per heavy atom. The van der Waals surface area contributed by atoms with Crippen LogP contribution in [-0.2, 0) is 9.59 Å². The van der Waals surface area contributed by atoms with E-state index < -0.39 is 11.9 Å². The van der Waals surface area contributed by atoms with Crippen LogP contribution in [-0.4, -0.2) is 23.0 Å². The fourth-order valence-electron chi connectivity index (χ4n) is 3.02. The zero-order valence-electron chi connectivity index (χ0n) is 10.3. The van der Waals surface area contributed by atoms with Crippen molar-refractivity contribution in [3.05, 3.63) is 0 Å². The maximum Gasteiger partial charge on any atom is 0.307 e. The largest absolute Gasteiger partial charge is 0.481 e. The number of hydrogen-bond acceptors (Lipinski definition) is 2. The van der Waals surface area contributed by atoms with Crippen LogP contribution in [0, 0.1) is 17.8 Å². The van der Waals surface area contributed by atoms with Gasteiger partial charge < -0.3 is 10.4 Å². The highest BCUT2D eigenvalue weighted by Crippen LogP contribution is 2.35. The Morgan fingerprint density at radius 2 is 1.71 bits per heavy atom. The Morgan fingerprint density at radius 3 is 2.18 bits per heavy atom. The molecule has 96 valence electrons. The number of carboxylic acid groups (broad SMARTS) is 1. The number of carbonyl (C=O) groups excluding carboxylic acids is 1. The van der Waals surface area contributed by atoms with Gasteiger partial charge in [0.25, 0.3) is 0 Å². The molecule has 0 heterocycles. The Balaban J connectivity index is 1.82. The average molecular weight is 239 g/mol. The molecule has 0 aromatic carbocycles. The summed E-state index contributed by atoms with van der Waals surface area (Å²) in [6.07, 6.45) is 6.26. The van der Waals surface area contributed by atoms with Gasteiger partial charge in [0.15, 0.2) is 0 Å². The van der Waals surface area contributed by atoms with E-state index in [1.807, 2.05) is 6.92 Å². The summed E-state index contributed by atoms with van der Waals surface area (Å²) in [5, 5.41) is 11.9. The zero-order valence-corrected chi connectivity index (χ0v) is 10.3. The number of hydrogen-bond donors (Lipinski definition) is 2. The van der Waals surface area contributed by atoms with Crippen LogP contribution in [0.15, 0.2) is 0 Å². The van der Waals surface area contributed by atoms with Gasteiger partial charge in [-0.25, -0.2) is 0 Å². The molecule has 0 saturated heterocycles. The van der Waals surface area contributed by atoms with Gasteiger partial charge in [-0.1, -0.05) is 12.8 Å². The molecule has 0 aromatic rings. The molecular formula is C13H21NO3. The summed E-state index contributed by atoms with van der Waals surface area (Å²) < 4.78 is 0. The van der Waals surface area contributed by atoms with Crippen molar-refractivity contribution >= 4 is 11.9 Å². The Hall–Kier alpha value is -1.06. The predicted octanol–water partition coefficient (Wildman–Crippen LogP) is 1.79. The molecule has 4 nitrogen and oxygen atoms in total. The van der Waals surface area contributed by atoms with E-state index in [9.17, 15) is 9.59 Å². The highest BCUT2D eigenvalue weighted by atomic mass is 16.4. The second-order valence-corrected chi connectivity index (χ2v) is 5.47. The molecule has 0 radical (unpaired) electrons. The van der Waals surface area contributed by atoms with Gasteiger partial charge in [0, 0.05) is 6.04 Å². The lowest BCUT2D eigenvalue weighted by atomic mass is 9.73. The van der Waals surface area contributed by atoms with Crippen molar-refractivity contribution in [3.8, 4) is 0 Å². The van der Waals surface area contributed by atoms with Gasteiger partial charge in [0.2, 0.25) is 5.91 Å². The van der Waals surface area contributed by atoms with E-state index >= 15 is 0 Å². The van der Waals surface area contributed by atoms with Gasteiger partial charge in [0.05, 0.1) is 11.8 Å². The summed E-state index contributed by atoms with van der Waals surface area (Å²) in [5.74, 6) is -1.04. The Kier molecular flexibility index (Phi) is 3.69. The summed E-state index contributed by atoms with van der Waals surface area (Å²) in [5.41, 5.74) is 0. The van der Waals surface area contributed by atoms with Gasteiger partial charge in [-0.05, 0) is 38.5 Å². The molecule has 0 aromatic heterocycles. The lowest BCUT2D eigenvalue weighted by Crippen LogP contribution is -2.48. The first-order chi connectivity index (χ1) is 8.09. The van der Waals surface area contributed by atoms with Crippen LogP contribution in [0.25, 0.3) is 0 Å². The van der Waals surface area contributed by atoms with Crippen molar-refractivity contribution in [1.29, 1.82) is 0 Å². The van der Waals surface area contributed by atoms with Crippen LogP contribution in [0.5, 0.6) is 0 Å². The van der Waals surface area contributed by atoms with Crippen LogP contribution in [0.1, 0.15) is 45.4 Å². The van der Waals surface area contributed by atoms with E-state index in [2.05, 4.69) is 5.32 Å². The molecule has 2 N–H and O–H groups in total. The van der Waals surface area contributed by atoms with Crippen molar-refractivity contribution < 1.29 is 14.7 Å². The molecule has 2 saturated carbocycles. The molecule has 2 aliphatic carbocycles. The molecule has 0 spiro atoms. The van der Waals surface area contributed by atoms with Crippen molar-refractivity contribution in [2.45, 2.75) is 51.5 Å². The molecule has 2 fully saturated rings. The molecule has 2 aliphatic rings. The predicted molar refractivity (Wildman–Crippen MR) is 63.4 cm³/mol. The van der Waals surface area contributed by atoms with Gasteiger partial charge in [-0.15, -0.1) is 0 Å². The molecule has 17 heavy (non-hydrogen) atoms. The van der Waals surface area contributed by atoms with E-state index in [4.69, 9.17) is 5.11 Å². The summed E-state index contributed by atoms with van der Waals surface area (Å²) in [6, 6.07) is 0.194. The SMILES string of the molecule is CC(NC(=O)C1CCC1C(=O)O)C1CCCC1. The van der Waals surface area contributed by atoms with Crippen molar-refractivity contribution in [2.24, 2.45) is 17.8 Å². The minimum atomic E-state index is -0.829. The van der Waals surface area contributed by atoms with Crippen molar-refractivity contribution in [3.63, 3.8) is 0 Å². The van der Waals surface area contributed by atoms with E-state index in [1.165, 1.54) is 25.7 Å². The van der Waals surface area contributed by atoms with Gasteiger partial charge in [-0.2, -0.15) is 0 Å². The van der Waals surface area contributed by atoms with Crippen molar-refractivity contribution in [1.82, 2.24) is 5.32 Å². The van der Waals surface area contributed by atoms with E-state index in [0.717, 1.165) is 6.42 Å². The summed E-state index contributed by atoms with van der Waals surface area (Å²) in [4.78, 5) is 22.8.